The molecule has 3 rings (SSSR count). The summed E-state index contributed by atoms with van der Waals surface area (Å²) in [4.78, 5) is 18.4. The highest BCUT2D eigenvalue weighted by Gasteiger charge is 2.34. The van der Waals surface area contributed by atoms with Crippen molar-refractivity contribution in [2.45, 2.75) is 44.5 Å². The van der Waals surface area contributed by atoms with Crippen molar-refractivity contribution in [1.29, 1.82) is 0 Å². The molecule has 1 aromatic heterocycles. The highest BCUT2D eigenvalue weighted by atomic mass is 32.2. The largest absolute Gasteiger partial charge is 0.433 e. The minimum Gasteiger partial charge on any atom is -0.381 e. The first-order valence-corrected chi connectivity index (χ1v) is 13.1. The lowest BCUT2D eigenvalue weighted by molar-refractivity contribution is -0.141. The van der Waals surface area contributed by atoms with E-state index in [0.29, 0.717) is 37.1 Å². The molecule has 0 radical (unpaired) electrons. The Hall–Kier alpha value is -2.93. The molecule has 1 unspecified atom stereocenters. The zero-order chi connectivity index (χ0) is 26.7. The first-order chi connectivity index (χ1) is 16.8. The van der Waals surface area contributed by atoms with E-state index in [-0.39, 0.29) is 24.2 Å². The van der Waals surface area contributed by atoms with Crippen molar-refractivity contribution in [2.75, 3.05) is 36.1 Å². The molecule has 13 heteroatoms. The fourth-order valence-corrected chi connectivity index (χ4v) is 4.49. The number of methoxy groups -OCH3 is 1. The predicted octanol–water partition coefficient (Wildman–Crippen LogP) is 3.65. The van der Waals surface area contributed by atoms with Gasteiger partial charge < -0.3 is 15.0 Å². The van der Waals surface area contributed by atoms with Crippen LogP contribution in [-0.2, 0) is 32.3 Å². The van der Waals surface area contributed by atoms with Gasteiger partial charge in [0.05, 0.1) is 24.0 Å². The number of sulfonamides is 1. The molecule has 0 aliphatic carbocycles. The van der Waals surface area contributed by atoms with Crippen LogP contribution in [0.15, 0.2) is 30.3 Å². The minimum absolute atomic E-state index is 0.0236. The summed E-state index contributed by atoms with van der Waals surface area (Å²) in [6, 6.07) is 5.87. The van der Waals surface area contributed by atoms with Crippen LogP contribution in [0.25, 0.3) is 0 Å². The number of benzene rings is 1. The third-order valence-corrected chi connectivity index (χ3v) is 6.55. The standard InChI is InChI=1S/C23H28F4N4O4S/c1-14(15-4-6-19(18(24)12-15)30-36(3,33)34)22(32)28-13-16-5-7-20(23(25,26)27)29-21(16)31-10-8-17(35-2)9-11-31/h4-7,12,14,17,30H,8-11,13H2,1-3H3,(H,28,32). The van der Waals surface area contributed by atoms with Gasteiger partial charge in [0, 0.05) is 32.3 Å². The summed E-state index contributed by atoms with van der Waals surface area (Å²) in [5, 5.41) is 2.68. The average molecular weight is 533 g/mol. The van der Waals surface area contributed by atoms with Gasteiger partial charge in [0.2, 0.25) is 15.9 Å². The zero-order valence-corrected chi connectivity index (χ0v) is 20.8. The first kappa shape index (κ1) is 27.7. The molecular formula is C23H28F4N4O4S. The Morgan fingerprint density at radius 2 is 1.89 bits per heavy atom. The second-order valence-electron chi connectivity index (χ2n) is 8.65. The van der Waals surface area contributed by atoms with Crippen LogP contribution < -0.4 is 14.9 Å². The number of aromatic nitrogens is 1. The number of piperidine rings is 1. The van der Waals surface area contributed by atoms with Gasteiger partial charge in [0.25, 0.3) is 0 Å². The molecule has 8 nitrogen and oxygen atoms in total. The van der Waals surface area contributed by atoms with Gasteiger partial charge >= 0.3 is 6.18 Å². The lowest BCUT2D eigenvalue weighted by Gasteiger charge is -2.33. The Bertz CT molecular complexity index is 1200. The van der Waals surface area contributed by atoms with Crippen LogP contribution in [0, 0.1) is 5.82 Å². The van der Waals surface area contributed by atoms with Crippen LogP contribution in [-0.4, -0.2) is 51.9 Å². The van der Waals surface area contributed by atoms with Gasteiger partial charge in [-0.25, -0.2) is 17.8 Å². The molecule has 1 amide bonds. The Morgan fingerprint density at radius 3 is 2.44 bits per heavy atom. The Kier molecular flexibility index (Phi) is 8.44. The van der Waals surface area contributed by atoms with Gasteiger partial charge in [-0.1, -0.05) is 12.1 Å². The highest BCUT2D eigenvalue weighted by Crippen LogP contribution is 2.32. The van der Waals surface area contributed by atoms with Crippen molar-refractivity contribution in [1.82, 2.24) is 10.3 Å². The number of amides is 1. The monoisotopic (exact) mass is 532 g/mol. The van der Waals surface area contributed by atoms with Crippen LogP contribution >= 0.6 is 0 Å². The fourth-order valence-electron chi connectivity index (χ4n) is 3.92. The summed E-state index contributed by atoms with van der Waals surface area (Å²) >= 11 is 0. The summed E-state index contributed by atoms with van der Waals surface area (Å²) in [6.07, 6.45) is -2.44. The van der Waals surface area contributed by atoms with Crippen molar-refractivity contribution in [3.63, 3.8) is 0 Å². The Balaban J connectivity index is 1.75. The van der Waals surface area contributed by atoms with Crippen molar-refractivity contribution >= 4 is 27.4 Å². The number of nitrogens with zero attached hydrogens (tertiary/aromatic N) is 2. The maximum absolute atomic E-state index is 14.3. The molecule has 2 heterocycles. The first-order valence-electron chi connectivity index (χ1n) is 11.2. The molecule has 1 saturated heterocycles. The topological polar surface area (TPSA) is 101 Å². The predicted molar refractivity (Wildman–Crippen MR) is 127 cm³/mol. The number of carbonyl (C=O) groups excluding carboxylic acids is 1. The fraction of sp³-hybridized carbons (Fsp3) is 0.478. The van der Waals surface area contributed by atoms with Crippen LogP contribution in [0.5, 0.6) is 0 Å². The molecule has 1 atom stereocenters. The van der Waals surface area contributed by atoms with E-state index in [9.17, 15) is 30.8 Å². The normalized spacial score (nSPS) is 16.0. The van der Waals surface area contributed by atoms with Gasteiger partial charge in [-0.3, -0.25) is 9.52 Å². The second kappa shape index (κ2) is 11.0. The molecule has 1 aliphatic rings. The number of pyridine rings is 1. The van der Waals surface area contributed by atoms with E-state index >= 15 is 0 Å². The molecule has 198 valence electrons. The number of nitrogens with one attached hydrogen (secondary N) is 2. The third kappa shape index (κ3) is 7.06. The van der Waals surface area contributed by atoms with E-state index in [1.165, 1.54) is 25.1 Å². The lowest BCUT2D eigenvalue weighted by atomic mass is 9.99. The number of ether oxygens (including phenoxy) is 1. The maximum Gasteiger partial charge on any atom is 0.433 e. The number of halogens is 4. The third-order valence-electron chi connectivity index (χ3n) is 5.96. The van der Waals surface area contributed by atoms with Crippen LogP contribution in [0.3, 0.4) is 0 Å². The number of carbonyl (C=O) groups is 1. The van der Waals surface area contributed by atoms with Crippen LogP contribution in [0.1, 0.15) is 42.5 Å². The van der Waals surface area contributed by atoms with Crippen molar-refractivity contribution in [3.8, 4) is 0 Å². The quantitative estimate of drug-likeness (QED) is 0.504. The number of alkyl halides is 3. The van der Waals surface area contributed by atoms with Gasteiger partial charge in [-0.05, 0) is 43.5 Å². The molecule has 2 N–H and O–H groups in total. The smallest absolute Gasteiger partial charge is 0.381 e. The van der Waals surface area contributed by atoms with Gasteiger partial charge in [0.1, 0.15) is 17.3 Å². The zero-order valence-electron chi connectivity index (χ0n) is 20.0. The maximum atomic E-state index is 14.3. The highest BCUT2D eigenvalue weighted by molar-refractivity contribution is 7.92. The van der Waals surface area contributed by atoms with E-state index < -0.39 is 39.5 Å². The minimum atomic E-state index is -4.61. The van der Waals surface area contributed by atoms with E-state index in [4.69, 9.17) is 4.74 Å². The molecular weight excluding hydrogens is 504 g/mol. The average Bonchev–Trinajstić information content (AvgIpc) is 2.82. The van der Waals surface area contributed by atoms with Crippen LogP contribution in [0.2, 0.25) is 0 Å². The molecule has 0 saturated carbocycles. The van der Waals surface area contributed by atoms with E-state index in [2.05, 4.69) is 10.3 Å². The van der Waals surface area contributed by atoms with Gasteiger partial charge in [-0.15, -0.1) is 0 Å². The summed E-state index contributed by atoms with van der Waals surface area (Å²) in [6.45, 7) is 2.37. The number of hydrogen-bond acceptors (Lipinski definition) is 6. The molecule has 0 spiro atoms. The molecule has 1 fully saturated rings. The van der Waals surface area contributed by atoms with Crippen molar-refractivity contribution < 1.29 is 35.5 Å². The van der Waals surface area contributed by atoms with Gasteiger partial charge in [-0.2, -0.15) is 13.2 Å². The second-order valence-corrected chi connectivity index (χ2v) is 10.4. The van der Waals surface area contributed by atoms with Crippen molar-refractivity contribution in [2.24, 2.45) is 0 Å². The van der Waals surface area contributed by atoms with E-state index in [0.717, 1.165) is 18.4 Å². The molecule has 0 bridgehead atoms. The molecule has 1 aliphatic heterocycles. The van der Waals surface area contributed by atoms with E-state index in [1.54, 1.807) is 12.0 Å². The number of rotatable bonds is 8. The van der Waals surface area contributed by atoms with Crippen molar-refractivity contribution in [3.05, 3.63) is 53.0 Å². The Morgan fingerprint density at radius 1 is 1.22 bits per heavy atom. The lowest BCUT2D eigenvalue weighted by Crippen LogP contribution is -2.38. The summed E-state index contributed by atoms with van der Waals surface area (Å²) in [5.74, 6) is -1.99. The van der Waals surface area contributed by atoms with Gasteiger partial charge in [0.15, 0.2) is 0 Å². The SMILES string of the molecule is COC1CCN(c2nc(C(F)(F)F)ccc2CNC(=O)C(C)c2ccc(NS(C)(=O)=O)c(F)c2)CC1. The summed E-state index contributed by atoms with van der Waals surface area (Å²) < 4.78 is 84.3. The number of hydrogen-bond donors (Lipinski definition) is 2. The summed E-state index contributed by atoms with van der Waals surface area (Å²) in [7, 11) is -2.09. The van der Waals surface area contributed by atoms with Crippen LogP contribution in [0.4, 0.5) is 29.1 Å². The molecule has 2 aromatic rings. The number of anilines is 2. The molecule has 36 heavy (non-hydrogen) atoms. The summed E-state index contributed by atoms with van der Waals surface area (Å²) in [5.41, 5.74) is -0.547. The Labute approximate surface area is 207 Å². The molecule has 1 aromatic carbocycles. The van der Waals surface area contributed by atoms with E-state index in [1.807, 2.05) is 4.72 Å².